The molecule has 0 N–H and O–H groups in total. The molecular weight excluding hydrogens is 355 g/mol. The number of thioether (sulfide) groups is 1. The van der Waals surface area contributed by atoms with Crippen molar-refractivity contribution in [2.45, 2.75) is 23.7 Å². The van der Waals surface area contributed by atoms with Crippen LogP contribution in [0.5, 0.6) is 5.88 Å². The molecule has 1 aromatic heterocycles. The molecule has 2 saturated heterocycles. The van der Waals surface area contributed by atoms with Gasteiger partial charge in [-0.2, -0.15) is 0 Å². The van der Waals surface area contributed by atoms with Gasteiger partial charge >= 0.3 is 0 Å². The first-order valence-corrected chi connectivity index (χ1v) is 10.7. The van der Waals surface area contributed by atoms with E-state index >= 15 is 0 Å². The van der Waals surface area contributed by atoms with Gasteiger partial charge in [0.25, 0.3) is 5.88 Å². The van der Waals surface area contributed by atoms with Crippen LogP contribution in [-0.2, 0) is 14.6 Å². The SMILES string of the molecule is CS(=O)(=O)CCC(=O)N1CC2(CC(Oc3ncccc3F)CS2)C1. The highest BCUT2D eigenvalue weighted by Gasteiger charge is 2.51. The number of amides is 1. The molecule has 3 rings (SSSR count). The van der Waals surface area contributed by atoms with Crippen LogP contribution in [0, 0.1) is 5.82 Å². The zero-order chi connectivity index (χ0) is 17.4. The van der Waals surface area contributed by atoms with Gasteiger partial charge in [-0.3, -0.25) is 4.79 Å². The average molecular weight is 374 g/mol. The standard InChI is InChI=1S/C15H19FN2O4S2/c1-24(20,21)6-4-13(19)18-9-15(10-18)7-11(8-23-15)22-14-12(16)3-2-5-17-14/h2-3,5,11H,4,6-10H2,1H3. The van der Waals surface area contributed by atoms with Gasteiger partial charge < -0.3 is 9.64 Å². The van der Waals surface area contributed by atoms with E-state index in [9.17, 15) is 17.6 Å². The first-order chi connectivity index (χ1) is 11.3. The minimum atomic E-state index is -3.13. The fourth-order valence-corrected chi connectivity index (χ4v) is 5.04. The third kappa shape index (κ3) is 4.00. The zero-order valence-electron chi connectivity index (χ0n) is 13.3. The molecule has 0 aromatic carbocycles. The van der Waals surface area contributed by atoms with Gasteiger partial charge in [-0.1, -0.05) is 0 Å². The van der Waals surface area contributed by atoms with Crippen LogP contribution in [0.15, 0.2) is 18.3 Å². The van der Waals surface area contributed by atoms with Crippen molar-refractivity contribution in [3.63, 3.8) is 0 Å². The number of nitrogens with zero attached hydrogens (tertiary/aromatic N) is 2. The molecule has 6 nitrogen and oxygen atoms in total. The Morgan fingerprint density at radius 1 is 1.54 bits per heavy atom. The maximum atomic E-state index is 13.6. The summed E-state index contributed by atoms with van der Waals surface area (Å²) >= 11 is 1.72. The lowest BCUT2D eigenvalue weighted by Crippen LogP contribution is -2.61. The number of likely N-dealkylation sites (tertiary alicyclic amines) is 1. The molecule has 3 heterocycles. The Bertz CT molecular complexity index is 735. The third-order valence-electron chi connectivity index (χ3n) is 4.18. The molecule has 132 valence electrons. The summed E-state index contributed by atoms with van der Waals surface area (Å²) in [5.41, 5.74) is 0. The van der Waals surface area contributed by atoms with E-state index < -0.39 is 15.7 Å². The number of sulfone groups is 1. The number of ether oxygens (including phenoxy) is 1. The molecule has 1 aromatic rings. The van der Waals surface area contributed by atoms with Gasteiger partial charge in [-0.05, 0) is 12.1 Å². The van der Waals surface area contributed by atoms with Crippen LogP contribution < -0.4 is 4.74 Å². The highest BCUT2D eigenvalue weighted by Crippen LogP contribution is 2.46. The van der Waals surface area contributed by atoms with E-state index in [-0.39, 0.29) is 34.8 Å². The molecule has 2 aliphatic rings. The largest absolute Gasteiger partial charge is 0.471 e. The van der Waals surface area contributed by atoms with Gasteiger partial charge in [-0.25, -0.2) is 17.8 Å². The Morgan fingerprint density at radius 2 is 2.29 bits per heavy atom. The Balaban J connectivity index is 1.49. The van der Waals surface area contributed by atoms with Crippen LogP contribution in [0.4, 0.5) is 4.39 Å². The predicted octanol–water partition coefficient (Wildman–Crippen LogP) is 1.12. The molecular formula is C15H19FN2O4S2. The van der Waals surface area contributed by atoms with Gasteiger partial charge in [-0.15, -0.1) is 11.8 Å². The summed E-state index contributed by atoms with van der Waals surface area (Å²) in [6.45, 7) is 1.18. The maximum absolute atomic E-state index is 13.6. The van der Waals surface area contributed by atoms with E-state index in [1.165, 1.54) is 18.3 Å². The third-order valence-corrected chi connectivity index (χ3v) is 6.70. The van der Waals surface area contributed by atoms with Crippen molar-refractivity contribution in [3.8, 4) is 5.88 Å². The van der Waals surface area contributed by atoms with E-state index in [1.54, 1.807) is 16.7 Å². The number of rotatable bonds is 5. The van der Waals surface area contributed by atoms with Crippen molar-refractivity contribution in [1.82, 2.24) is 9.88 Å². The topological polar surface area (TPSA) is 76.6 Å². The molecule has 9 heteroatoms. The van der Waals surface area contributed by atoms with E-state index in [0.29, 0.717) is 13.1 Å². The lowest BCUT2D eigenvalue weighted by Gasteiger charge is -2.47. The molecule has 0 radical (unpaired) electrons. The predicted molar refractivity (Wildman–Crippen MR) is 89.3 cm³/mol. The van der Waals surface area contributed by atoms with Crippen LogP contribution in [0.25, 0.3) is 0 Å². The van der Waals surface area contributed by atoms with Crippen molar-refractivity contribution >= 4 is 27.5 Å². The molecule has 1 atom stereocenters. The highest BCUT2D eigenvalue weighted by molar-refractivity contribution is 8.01. The maximum Gasteiger partial charge on any atom is 0.250 e. The van der Waals surface area contributed by atoms with Crippen molar-refractivity contribution in [2.24, 2.45) is 0 Å². The quantitative estimate of drug-likeness (QED) is 0.769. The van der Waals surface area contributed by atoms with Gasteiger partial charge in [0, 0.05) is 44.1 Å². The number of halogens is 1. The van der Waals surface area contributed by atoms with Crippen molar-refractivity contribution < 1.29 is 22.3 Å². The number of aromatic nitrogens is 1. The van der Waals surface area contributed by atoms with Gasteiger partial charge in [0.05, 0.1) is 10.5 Å². The molecule has 2 aliphatic heterocycles. The summed E-state index contributed by atoms with van der Waals surface area (Å²) < 4.78 is 41.4. The number of hydrogen-bond donors (Lipinski definition) is 0. The van der Waals surface area contributed by atoms with Gasteiger partial charge in [0.1, 0.15) is 15.9 Å². The van der Waals surface area contributed by atoms with Crippen LogP contribution in [0.2, 0.25) is 0 Å². The van der Waals surface area contributed by atoms with Crippen molar-refractivity contribution in [1.29, 1.82) is 0 Å². The van der Waals surface area contributed by atoms with E-state index in [4.69, 9.17) is 4.74 Å². The fourth-order valence-electron chi connectivity index (χ4n) is 2.97. The lowest BCUT2D eigenvalue weighted by molar-refractivity contribution is -0.136. The minimum Gasteiger partial charge on any atom is -0.471 e. The lowest BCUT2D eigenvalue weighted by atomic mass is 9.92. The van der Waals surface area contributed by atoms with Crippen LogP contribution in [0.3, 0.4) is 0 Å². The molecule has 1 spiro atoms. The Morgan fingerprint density at radius 3 is 2.96 bits per heavy atom. The molecule has 2 fully saturated rings. The van der Waals surface area contributed by atoms with E-state index in [1.807, 2.05) is 0 Å². The van der Waals surface area contributed by atoms with Crippen molar-refractivity contribution in [3.05, 3.63) is 24.1 Å². The zero-order valence-corrected chi connectivity index (χ0v) is 14.9. The smallest absolute Gasteiger partial charge is 0.250 e. The number of carbonyl (C=O) groups is 1. The fraction of sp³-hybridized carbons (Fsp3) is 0.600. The second-order valence-electron chi connectivity index (χ2n) is 6.36. The van der Waals surface area contributed by atoms with E-state index in [0.717, 1.165) is 18.4 Å². The Labute approximate surface area is 144 Å². The highest BCUT2D eigenvalue weighted by atomic mass is 32.2. The monoisotopic (exact) mass is 374 g/mol. The van der Waals surface area contributed by atoms with Crippen LogP contribution in [-0.4, -0.2) is 65.9 Å². The van der Waals surface area contributed by atoms with Crippen LogP contribution in [0.1, 0.15) is 12.8 Å². The van der Waals surface area contributed by atoms with E-state index in [2.05, 4.69) is 4.98 Å². The molecule has 0 aliphatic carbocycles. The number of hydrogen-bond acceptors (Lipinski definition) is 6. The minimum absolute atomic E-state index is 0.0144. The Kier molecular flexibility index (Phi) is 4.74. The summed E-state index contributed by atoms with van der Waals surface area (Å²) in [5, 5.41) is 0. The van der Waals surface area contributed by atoms with Crippen LogP contribution >= 0.6 is 11.8 Å². The first kappa shape index (κ1) is 17.5. The van der Waals surface area contributed by atoms with Gasteiger partial charge in [0.15, 0.2) is 5.82 Å². The average Bonchev–Trinajstić information content (AvgIpc) is 2.89. The summed E-state index contributed by atoms with van der Waals surface area (Å²) in [6.07, 6.45) is 3.24. The summed E-state index contributed by atoms with van der Waals surface area (Å²) in [7, 11) is -3.13. The summed E-state index contributed by atoms with van der Waals surface area (Å²) in [4.78, 5) is 17.6. The Hall–Kier alpha value is -1.35. The normalized spacial score (nSPS) is 22.4. The van der Waals surface area contributed by atoms with Gasteiger partial charge in [0.2, 0.25) is 5.91 Å². The second kappa shape index (κ2) is 6.51. The summed E-state index contributed by atoms with van der Waals surface area (Å²) in [5.74, 6) is 0.0103. The van der Waals surface area contributed by atoms with Crippen molar-refractivity contribution in [2.75, 3.05) is 30.9 Å². The number of carbonyl (C=O) groups excluding carboxylic acids is 1. The number of pyridine rings is 1. The molecule has 0 saturated carbocycles. The molecule has 1 amide bonds. The summed E-state index contributed by atoms with van der Waals surface area (Å²) in [6, 6.07) is 2.82. The molecule has 0 bridgehead atoms. The molecule has 1 unspecified atom stereocenters. The molecule has 24 heavy (non-hydrogen) atoms. The second-order valence-corrected chi connectivity index (χ2v) is 10.1. The first-order valence-electron chi connectivity index (χ1n) is 7.63.